The maximum Gasteiger partial charge on any atom is 0.138 e. The second-order valence-corrected chi connectivity index (χ2v) is 8.08. The zero-order chi connectivity index (χ0) is 20.7. The zero-order valence-corrected chi connectivity index (χ0v) is 17.6. The van der Waals surface area contributed by atoms with E-state index in [1.54, 1.807) is 0 Å². The molecule has 5 rings (SSSR count). The second kappa shape index (κ2) is 7.34. The molecule has 2 aromatic carbocycles. The minimum atomic E-state index is 0.787. The van der Waals surface area contributed by atoms with Crippen LogP contribution in [0.3, 0.4) is 0 Å². The maximum absolute atomic E-state index is 4.81. The van der Waals surface area contributed by atoms with E-state index in [-0.39, 0.29) is 0 Å². The van der Waals surface area contributed by atoms with Crippen molar-refractivity contribution >= 4 is 6.08 Å². The molecular formula is C25H25N5. The van der Waals surface area contributed by atoms with Crippen LogP contribution in [0.25, 0.3) is 28.6 Å². The number of aromatic nitrogens is 4. The highest BCUT2D eigenvalue weighted by molar-refractivity contribution is 5.69. The summed E-state index contributed by atoms with van der Waals surface area (Å²) in [5, 5.41) is 0. The molecule has 3 heterocycles. The molecule has 0 saturated heterocycles. The summed E-state index contributed by atoms with van der Waals surface area (Å²) >= 11 is 0. The molecule has 1 aliphatic heterocycles. The molecule has 0 saturated carbocycles. The van der Waals surface area contributed by atoms with Crippen LogP contribution in [0.2, 0.25) is 0 Å². The molecule has 0 radical (unpaired) electrons. The first-order valence-corrected chi connectivity index (χ1v) is 10.2. The van der Waals surface area contributed by atoms with Gasteiger partial charge in [-0.2, -0.15) is 0 Å². The van der Waals surface area contributed by atoms with Crippen molar-refractivity contribution in [2.45, 2.75) is 26.9 Å². The lowest BCUT2D eigenvalue weighted by molar-refractivity contribution is 0.351. The predicted octanol–water partition coefficient (Wildman–Crippen LogP) is 5.08. The number of nitrogens with zero attached hydrogens (tertiary/aromatic N) is 4. The lowest BCUT2D eigenvalue weighted by atomic mass is 9.99. The van der Waals surface area contributed by atoms with E-state index in [0.29, 0.717) is 0 Å². The largest absolute Gasteiger partial charge is 0.366 e. The average molecular weight is 396 g/mol. The van der Waals surface area contributed by atoms with E-state index in [1.807, 2.05) is 17.9 Å². The average Bonchev–Trinajstić information content (AvgIpc) is 3.36. The number of hydrogen-bond donors (Lipinski definition) is 1. The highest BCUT2D eigenvalue weighted by atomic mass is 15.2. The number of aromatic amines is 1. The highest BCUT2D eigenvalue weighted by Gasteiger charge is 2.17. The quantitative estimate of drug-likeness (QED) is 0.524. The van der Waals surface area contributed by atoms with Gasteiger partial charge in [0.15, 0.2) is 0 Å². The summed E-state index contributed by atoms with van der Waals surface area (Å²) in [6.07, 6.45) is 8.07. The number of nitrogens with one attached hydrogen (secondary N) is 1. The van der Waals surface area contributed by atoms with Crippen LogP contribution in [0.5, 0.6) is 0 Å². The smallest absolute Gasteiger partial charge is 0.138 e. The van der Waals surface area contributed by atoms with Gasteiger partial charge in [-0.3, -0.25) is 0 Å². The van der Waals surface area contributed by atoms with Gasteiger partial charge in [0.1, 0.15) is 5.82 Å². The molecule has 150 valence electrons. The third-order valence-electron chi connectivity index (χ3n) is 5.74. The summed E-state index contributed by atoms with van der Waals surface area (Å²) in [4.78, 5) is 15.0. The summed E-state index contributed by atoms with van der Waals surface area (Å²) < 4.78 is 1.98. The number of aryl methyl sites for hydroxylation is 3. The zero-order valence-electron chi connectivity index (χ0n) is 17.6. The van der Waals surface area contributed by atoms with Gasteiger partial charge in [-0.1, -0.05) is 42.5 Å². The number of imidazole rings is 2. The molecule has 5 nitrogen and oxygen atoms in total. The van der Waals surface area contributed by atoms with Crippen molar-refractivity contribution in [1.29, 1.82) is 0 Å². The first-order chi connectivity index (χ1) is 14.5. The van der Waals surface area contributed by atoms with Gasteiger partial charge in [0.2, 0.25) is 0 Å². The lowest BCUT2D eigenvalue weighted by Gasteiger charge is -2.21. The third-order valence-corrected chi connectivity index (χ3v) is 5.74. The number of rotatable bonds is 4. The van der Waals surface area contributed by atoms with E-state index in [1.165, 1.54) is 22.3 Å². The summed E-state index contributed by atoms with van der Waals surface area (Å²) in [7, 11) is 1.99. The first-order valence-electron chi connectivity index (χ1n) is 10.2. The monoisotopic (exact) mass is 395 g/mol. The van der Waals surface area contributed by atoms with E-state index in [2.05, 4.69) is 89.7 Å². The number of fused-ring (bicyclic) bond motifs is 1. The SMILES string of the molecule is Cc1ccc(-c2ccc(-c3nc4c([nH]3)CN(Cc3cn(C)cn3)C=C4)cc2)cc1C. The van der Waals surface area contributed by atoms with Crippen LogP contribution >= 0.6 is 0 Å². The molecule has 0 aliphatic carbocycles. The third kappa shape index (κ3) is 3.54. The van der Waals surface area contributed by atoms with Crippen LogP contribution in [0.15, 0.2) is 61.2 Å². The van der Waals surface area contributed by atoms with Gasteiger partial charge < -0.3 is 14.5 Å². The van der Waals surface area contributed by atoms with Crippen molar-refractivity contribution in [3.63, 3.8) is 0 Å². The maximum atomic E-state index is 4.81. The Hall–Kier alpha value is -3.60. The summed E-state index contributed by atoms with van der Waals surface area (Å²) in [6.45, 7) is 5.89. The normalized spacial score (nSPS) is 13.0. The van der Waals surface area contributed by atoms with Crippen LogP contribution < -0.4 is 0 Å². The van der Waals surface area contributed by atoms with Crippen molar-refractivity contribution in [3.05, 3.63) is 89.4 Å². The molecule has 0 bridgehead atoms. The minimum absolute atomic E-state index is 0.787. The van der Waals surface area contributed by atoms with Crippen LogP contribution in [0.4, 0.5) is 0 Å². The Labute approximate surface area is 176 Å². The Morgan fingerprint density at radius 2 is 1.73 bits per heavy atom. The fourth-order valence-electron chi connectivity index (χ4n) is 3.86. The first kappa shape index (κ1) is 18.4. The van der Waals surface area contributed by atoms with E-state index >= 15 is 0 Å². The Kier molecular flexibility index (Phi) is 4.51. The molecule has 2 aromatic heterocycles. The molecule has 0 atom stereocenters. The summed E-state index contributed by atoms with van der Waals surface area (Å²) in [5.74, 6) is 0.913. The summed E-state index contributed by atoms with van der Waals surface area (Å²) in [6, 6.07) is 15.2. The van der Waals surface area contributed by atoms with E-state index in [0.717, 1.165) is 41.6 Å². The van der Waals surface area contributed by atoms with Crippen molar-refractivity contribution in [2.75, 3.05) is 0 Å². The number of benzene rings is 2. The van der Waals surface area contributed by atoms with Crippen molar-refractivity contribution in [1.82, 2.24) is 24.4 Å². The second-order valence-electron chi connectivity index (χ2n) is 8.08. The van der Waals surface area contributed by atoms with Gasteiger partial charge in [0.25, 0.3) is 0 Å². The number of H-pyrrole nitrogens is 1. The minimum Gasteiger partial charge on any atom is -0.366 e. The van der Waals surface area contributed by atoms with Crippen LogP contribution in [0, 0.1) is 13.8 Å². The predicted molar refractivity (Wildman–Crippen MR) is 120 cm³/mol. The molecular weight excluding hydrogens is 370 g/mol. The Bertz CT molecular complexity index is 1230. The Morgan fingerprint density at radius 3 is 2.47 bits per heavy atom. The summed E-state index contributed by atoms with van der Waals surface area (Å²) in [5.41, 5.74) is 9.42. The highest BCUT2D eigenvalue weighted by Crippen LogP contribution is 2.27. The van der Waals surface area contributed by atoms with Crippen LogP contribution in [0.1, 0.15) is 28.2 Å². The fraction of sp³-hybridized carbons (Fsp3) is 0.200. The molecule has 0 unspecified atom stereocenters. The number of hydrogen-bond acceptors (Lipinski definition) is 3. The standard InChI is InChI=1S/C25H25N5/c1-17-4-5-21(12-18(17)2)19-6-8-20(9-7-19)25-27-23-10-11-30(15-24(23)28-25)14-22-13-29(3)16-26-22/h4-13,16H,14-15H2,1-3H3,(H,27,28). The van der Waals surface area contributed by atoms with Crippen molar-refractivity contribution in [3.8, 4) is 22.5 Å². The molecule has 1 aliphatic rings. The molecule has 5 heteroatoms. The van der Waals surface area contributed by atoms with Crippen LogP contribution in [-0.2, 0) is 20.1 Å². The van der Waals surface area contributed by atoms with Gasteiger partial charge in [0, 0.05) is 25.0 Å². The lowest BCUT2D eigenvalue weighted by Crippen LogP contribution is -2.19. The van der Waals surface area contributed by atoms with E-state index < -0.39 is 0 Å². The molecule has 0 fully saturated rings. The van der Waals surface area contributed by atoms with Crippen LogP contribution in [-0.4, -0.2) is 24.4 Å². The molecule has 0 spiro atoms. The van der Waals surface area contributed by atoms with E-state index in [9.17, 15) is 0 Å². The van der Waals surface area contributed by atoms with Gasteiger partial charge in [-0.05, 0) is 42.2 Å². The van der Waals surface area contributed by atoms with Gasteiger partial charge in [-0.25, -0.2) is 9.97 Å². The molecule has 0 amide bonds. The molecule has 30 heavy (non-hydrogen) atoms. The van der Waals surface area contributed by atoms with Crippen molar-refractivity contribution in [2.24, 2.45) is 7.05 Å². The molecule has 1 N–H and O–H groups in total. The van der Waals surface area contributed by atoms with E-state index in [4.69, 9.17) is 4.98 Å². The van der Waals surface area contributed by atoms with Crippen molar-refractivity contribution < 1.29 is 0 Å². The van der Waals surface area contributed by atoms with Gasteiger partial charge in [-0.15, -0.1) is 0 Å². The molecule has 4 aromatic rings. The fourth-order valence-corrected chi connectivity index (χ4v) is 3.86. The van der Waals surface area contributed by atoms with Gasteiger partial charge >= 0.3 is 0 Å². The van der Waals surface area contributed by atoms with Gasteiger partial charge in [0.05, 0.1) is 36.5 Å². The Balaban J connectivity index is 1.34. The Morgan fingerprint density at radius 1 is 0.967 bits per heavy atom. The topological polar surface area (TPSA) is 49.7 Å².